The Balaban J connectivity index is 1.62. The molecule has 1 aromatic carbocycles. The van der Waals surface area contributed by atoms with Crippen LogP contribution < -0.4 is 14.8 Å². The molecule has 7 nitrogen and oxygen atoms in total. The minimum atomic E-state index is 0.553. The SMILES string of the molecule is c1cncc(-c2nc3ncccn3c2Nc2ccc3c(c2)OCCO3)c1. The van der Waals surface area contributed by atoms with Crippen molar-refractivity contribution in [2.45, 2.75) is 0 Å². The van der Waals surface area contributed by atoms with Crippen LogP contribution in [0, 0.1) is 0 Å². The van der Waals surface area contributed by atoms with Crippen molar-refractivity contribution in [3.05, 3.63) is 61.2 Å². The molecular weight excluding hydrogens is 330 g/mol. The second-order valence-electron chi connectivity index (χ2n) is 5.82. The van der Waals surface area contributed by atoms with Gasteiger partial charge in [0.2, 0.25) is 5.78 Å². The van der Waals surface area contributed by atoms with Gasteiger partial charge in [-0.3, -0.25) is 9.38 Å². The van der Waals surface area contributed by atoms with Gasteiger partial charge in [0, 0.05) is 42.1 Å². The summed E-state index contributed by atoms with van der Waals surface area (Å²) >= 11 is 0. The van der Waals surface area contributed by atoms with Crippen LogP contribution in [0.2, 0.25) is 0 Å². The van der Waals surface area contributed by atoms with E-state index < -0.39 is 0 Å². The molecule has 4 heterocycles. The van der Waals surface area contributed by atoms with Gasteiger partial charge in [-0.2, -0.15) is 0 Å². The first-order chi connectivity index (χ1) is 12.9. The summed E-state index contributed by atoms with van der Waals surface area (Å²) in [5.41, 5.74) is 2.58. The maximum atomic E-state index is 5.68. The predicted octanol–water partition coefficient (Wildman–Crippen LogP) is 3.31. The van der Waals surface area contributed by atoms with Crippen molar-refractivity contribution in [3.63, 3.8) is 0 Å². The van der Waals surface area contributed by atoms with E-state index in [1.165, 1.54) is 0 Å². The second-order valence-corrected chi connectivity index (χ2v) is 5.82. The molecule has 26 heavy (non-hydrogen) atoms. The van der Waals surface area contributed by atoms with E-state index in [0.717, 1.165) is 34.3 Å². The fraction of sp³-hybridized carbons (Fsp3) is 0.105. The van der Waals surface area contributed by atoms with Gasteiger partial charge in [-0.05, 0) is 30.3 Å². The molecular formula is C19H15N5O2. The zero-order valence-corrected chi connectivity index (χ0v) is 13.8. The van der Waals surface area contributed by atoms with Crippen LogP contribution in [0.15, 0.2) is 61.2 Å². The molecule has 0 saturated carbocycles. The van der Waals surface area contributed by atoms with Crippen LogP contribution in [0.5, 0.6) is 11.5 Å². The first-order valence-corrected chi connectivity index (χ1v) is 8.29. The number of aromatic nitrogens is 4. The predicted molar refractivity (Wildman–Crippen MR) is 96.9 cm³/mol. The summed E-state index contributed by atoms with van der Waals surface area (Å²) in [5, 5.41) is 3.44. The van der Waals surface area contributed by atoms with Gasteiger partial charge in [0.15, 0.2) is 11.5 Å². The molecule has 0 bridgehead atoms. The maximum absolute atomic E-state index is 5.68. The minimum absolute atomic E-state index is 0.553. The molecule has 1 N–H and O–H groups in total. The summed E-state index contributed by atoms with van der Waals surface area (Å²) in [6, 6.07) is 11.5. The molecule has 4 aromatic rings. The number of hydrogen-bond donors (Lipinski definition) is 1. The molecule has 0 amide bonds. The lowest BCUT2D eigenvalue weighted by Crippen LogP contribution is -2.15. The molecule has 1 aliphatic heterocycles. The van der Waals surface area contributed by atoms with E-state index in [1.54, 1.807) is 18.6 Å². The summed E-state index contributed by atoms with van der Waals surface area (Å²) in [4.78, 5) is 13.2. The Morgan fingerprint density at radius 2 is 1.92 bits per heavy atom. The molecule has 0 saturated heterocycles. The van der Waals surface area contributed by atoms with Crippen molar-refractivity contribution in [2.24, 2.45) is 0 Å². The van der Waals surface area contributed by atoms with Crippen LogP contribution in [0.1, 0.15) is 0 Å². The summed E-state index contributed by atoms with van der Waals surface area (Å²) in [6.07, 6.45) is 7.18. The average Bonchev–Trinajstić information content (AvgIpc) is 3.07. The lowest BCUT2D eigenvalue weighted by Gasteiger charge is -2.19. The first-order valence-electron chi connectivity index (χ1n) is 8.29. The number of rotatable bonds is 3. The first kappa shape index (κ1) is 14.7. The number of benzene rings is 1. The molecule has 5 rings (SSSR count). The van der Waals surface area contributed by atoms with Crippen LogP contribution in [0.4, 0.5) is 11.5 Å². The number of pyridine rings is 1. The van der Waals surface area contributed by atoms with Crippen LogP contribution in [-0.2, 0) is 0 Å². The van der Waals surface area contributed by atoms with E-state index >= 15 is 0 Å². The molecule has 0 fully saturated rings. The van der Waals surface area contributed by atoms with Gasteiger partial charge in [-0.15, -0.1) is 0 Å². The Bertz CT molecular complexity index is 1080. The van der Waals surface area contributed by atoms with Crippen LogP contribution in [-0.4, -0.2) is 32.6 Å². The standard InChI is InChI=1S/C19H15N5O2/c1-3-13(12-20-6-1)17-18(24-8-2-7-21-19(24)23-17)22-14-4-5-15-16(11-14)26-10-9-25-15/h1-8,11-12,22H,9-10H2. The summed E-state index contributed by atoms with van der Waals surface area (Å²) in [7, 11) is 0. The number of nitrogens with zero attached hydrogens (tertiary/aromatic N) is 4. The van der Waals surface area contributed by atoms with Gasteiger partial charge in [0.25, 0.3) is 0 Å². The summed E-state index contributed by atoms with van der Waals surface area (Å²) < 4.78 is 13.2. The van der Waals surface area contributed by atoms with Gasteiger partial charge in [0.05, 0.1) is 0 Å². The number of fused-ring (bicyclic) bond motifs is 2. The van der Waals surface area contributed by atoms with E-state index in [-0.39, 0.29) is 0 Å². The molecule has 1 aliphatic rings. The quantitative estimate of drug-likeness (QED) is 0.614. The van der Waals surface area contributed by atoms with E-state index in [9.17, 15) is 0 Å². The Hall–Kier alpha value is -3.61. The van der Waals surface area contributed by atoms with Crippen molar-refractivity contribution in [3.8, 4) is 22.8 Å². The lowest BCUT2D eigenvalue weighted by molar-refractivity contribution is 0.171. The highest BCUT2D eigenvalue weighted by atomic mass is 16.6. The van der Waals surface area contributed by atoms with E-state index in [4.69, 9.17) is 9.47 Å². The largest absolute Gasteiger partial charge is 0.486 e. The average molecular weight is 345 g/mol. The Morgan fingerprint density at radius 3 is 2.81 bits per heavy atom. The fourth-order valence-electron chi connectivity index (χ4n) is 2.97. The van der Waals surface area contributed by atoms with Crippen molar-refractivity contribution in [1.82, 2.24) is 19.4 Å². The Morgan fingerprint density at radius 1 is 1.00 bits per heavy atom. The monoisotopic (exact) mass is 345 g/mol. The summed E-state index contributed by atoms with van der Waals surface area (Å²) in [6.45, 7) is 1.13. The third kappa shape index (κ3) is 2.50. The van der Waals surface area contributed by atoms with Crippen LogP contribution in [0.25, 0.3) is 17.0 Å². The molecule has 0 unspecified atom stereocenters. The molecule has 3 aromatic heterocycles. The number of hydrogen-bond acceptors (Lipinski definition) is 6. The van der Waals surface area contributed by atoms with Crippen LogP contribution >= 0.6 is 0 Å². The maximum Gasteiger partial charge on any atom is 0.235 e. The zero-order valence-electron chi connectivity index (χ0n) is 13.8. The fourth-order valence-corrected chi connectivity index (χ4v) is 2.97. The molecule has 128 valence electrons. The molecule has 0 spiro atoms. The molecule has 7 heteroatoms. The topological polar surface area (TPSA) is 73.6 Å². The van der Waals surface area contributed by atoms with Gasteiger partial charge >= 0.3 is 0 Å². The second kappa shape index (κ2) is 6.03. The van der Waals surface area contributed by atoms with E-state index in [2.05, 4.69) is 20.3 Å². The minimum Gasteiger partial charge on any atom is -0.486 e. The highest BCUT2D eigenvalue weighted by Crippen LogP contribution is 2.35. The zero-order chi connectivity index (χ0) is 17.3. The van der Waals surface area contributed by atoms with Gasteiger partial charge < -0.3 is 14.8 Å². The third-order valence-electron chi connectivity index (χ3n) is 4.14. The van der Waals surface area contributed by atoms with Crippen molar-refractivity contribution < 1.29 is 9.47 Å². The van der Waals surface area contributed by atoms with Gasteiger partial charge in [0.1, 0.15) is 24.7 Å². The molecule has 0 atom stereocenters. The van der Waals surface area contributed by atoms with Crippen molar-refractivity contribution in [2.75, 3.05) is 18.5 Å². The van der Waals surface area contributed by atoms with Crippen molar-refractivity contribution in [1.29, 1.82) is 0 Å². The number of imidazole rings is 1. The number of nitrogens with one attached hydrogen (secondary N) is 1. The molecule has 0 radical (unpaired) electrons. The van der Waals surface area contributed by atoms with E-state index in [1.807, 2.05) is 47.0 Å². The van der Waals surface area contributed by atoms with Crippen LogP contribution in [0.3, 0.4) is 0 Å². The Labute approximate surface area is 149 Å². The third-order valence-corrected chi connectivity index (χ3v) is 4.14. The molecule has 0 aliphatic carbocycles. The Kier molecular flexibility index (Phi) is 3.41. The normalized spacial score (nSPS) is 12.9. The van der Waals surface area contributed by atoms with Gasteiger partial charge in [-0.1, -0.05) is 0 Å². The van der Waals surface area contributed by atoms with E-state index in [0.29, 0.717) is 19.0 Å². The van der Waals surface area contributed by atoms with Gasteiger partial charge in [-0.25, -0.2) is 9.97 Å². The number of ether oxygens (including phenoxy) is 2. The highest BCUT2D eigenvalue weighted by molar-refractivity contribution is 5.79. The smallest absolute Gasteiger partial charge is 0.235 e. The summed E-state index contributed by atoms with van der Waals surface area (Å²) in [5.74, 6) is 2.93. The lowest BCUT2D eigenvalue weighted by atomic mass is 10.2. The van der Waals surface area contributed by atoms with Crippen molar-refractivity contribution >= 4 is 17.3 Å². The number of anilines is 2. The highest BCUT2D eigenvalue weighted by Gasteiger charge is 2.17.